The highest BCUT2D eigenvalue weighted by molar-refractivity contribution is 7.89. The zero-order valence-electron chi connectivity index (χ0n) is 11.0. The van der Waals surface area contributed by atoms with Crippen molar-refractivity contribution in [2.75, 3.05) is 13.2 Å². The fourth-order valence-corrected chi connectivity index (χ4v) is 4.57. The molecule has 106 valence electrons. The summed E-state index contributed by atoms with van der Waals surface area (Å²) in [6, 6.07) is -0.00729. The number of hydrogen-bond acceptors (Lipinski definition) is 4. The number of aromatic nitrogens is 2. The van der Waals surface area contributed by atoms with E-state index in [1.54, 1.807) is 4.31 Å². The topological polar surface area (TPSA) is 75.3 Å². The van der Waals surface area contributed by atoms with E-state index in [2.05, 4.69) is 9.97 Å². The van der Waals surface area contributed by atoms with Gasteiger partial charge in [0, 0.05) is 13.0 Å². The molecule has 0 spiro atoms. The average Bonchev–Trinajstić information content (AvgIpc) is 3.06. The van der Waals surface area contributed by atoms with Gasteiger partial charge in [0.1, 0.15) is 5.82 Å². The fraction of sp³-hybridized carbons (Fsp3) is 0.750. The monoisotopic (exact) mass is 285 g/mol. The maximum absolute atomic E-state index is 12.7. The van der Waals surface area contributed by atoms with Crippen molar-refractivity contribution in [2.24, 2.45) is 0 Å². The molecule has 1 saturated carbocycles. The molecule has 3 rings (SSSR count). The number of aromatic amines is 1. The van der Waals surface area contributed by atoms with Crippen LogP contribution in [0, 0.1) is 0 Å². The van der Waals surface area contributed by atoms with Gasteiger partial charge in [-0.3, -0.25) is 0 Å². The standard InChI is InChI=1S/C12H19N3O3S/c1-2-11-13-8-12(14-11)19(16,17)15-6-7-18-10-5-3-4-9(10)15/h8-10H,2-7H2,1H3,(H,13,14). The number of ether oxygens (including phenoxy) is 1. The Morgan fingerprint density at radius 3 is 3.11 bits per heavy atom. The van der Waals surface area contributed by atoms with Crippen LogP contribution in [0.25, 0.3) is 0 Å². The molecule has 2 fully saturated rings. The summed E-state index contributed by atoms with van der Waals surface area (Å²) in [6.07, 6.45) is 5.07. The number of sulfonamides is 1. The smallest absolute Gasteiger partial charge is 0.260 e. The molecular formula is C12H19N3O3S. The van der Waals surface area contributed by atoms with E-state index < -0.39 is 10.0 Å². The minimum absolute atomic E-state index is 0.00729. The van der Waals surface area contributed by atoms with Gasteiger partial charge in [0.25, 0.3) is 10.0 Å². The van der Waals surface area contributed by atoms with Crippen LogP contribution in [0.2, 0.25) is 0 Å². The Balaban J connectivity index is 1.90. The van der Waals surface area contributed by atoms with E-state index >= 15 is 0 Å². The van der Waals surface area contributed by atoms with Gasteiger partial charge in [-0.25, -0.2) is 13.4 Å². The highest BCUT2D eigenvalue weighted by Crippen LogP contribution is 2.32. The largest absolute Gasteiger partial charge is 0.375 e. The third-order valence-corrected chi connectivity index (χ3v) is 5.79. The highest BCUT2D eigenvalue weighted by Gasteiger charge is 2.42. The van der Waals surface area contributed by atoms with Gasteiger partial charge in [0.15, 0.2) is 5.03 Å². The summed E-state index contributed by atoms with van der Waals surface area (Å²) in [5.74, 6) is 0.704. The minimum Gasteiger partial charge on any atom is -0.375 e. The van der Waals surface area contributed by atoms with E-state index in [4.69, 9.17) is 4.74 Å². The van der Waals surface area contributed by atoms with Gasteiger partial charge in [-0.05, 0) is 19.3 Å². The van der Waals surface area contributed by atoms with Crippen LogP contribution in [0.1, 0.15) is 32.0 Å². The second kappa shape index (κ2) is 4.88. The van der Waals surface area contributed by atoms with E-state index in [-0.39, 0.29) is 17.2 Å². The van der Waals surface area contributed by atoms with E-state index in [0.29, 0.717) is 25.4 Å². The predicted molar refractivity (Wildman–Crippen MR) is 69.2 cm³/mol. The number of nitrogens with one attached hydrogen (secondary N) is 1. The Morgan fingerprint density at radius 1 is 1.53 bits per heavy atom. The Morgan fingerprint density at radius 2 is 2.37 bits per heavy atom. The first-order valence-electron chi connectivity index (χ1n) is 6.80. The molecule has 7 heteroatoms. The lowest BCUT2D eigenvalue weighted by Gasteiger charge is -2.36. The first-order chi connectivity index (χ1) is 9.13. The molecule has 0 radical (unpaired) electrons. The van der Waals surface area contributed by atoms with Crippen molar-refractivity contribution in [3.63, 3.8) is 0 Å². The van der Waals surface area contributed by atoms with Crippen LogP contribution in [0.15, 0.2) is 11.2 Å². The number of fused-ring (bicyclic) bond motifs is 1. The lowest BCUT2D eigenvalue weighted by molar-refractivity contribution is -0.0242. The molecule has 1 N–H and O–H groups in total. The number of imidazole rings is 1. The summed E-state index contributed by atoms with van der Waals surface area (Å²) in [6.45, 7) is 2.86. The van der Waals surface area contributed by atoms with Crippen LogP contribution in [-0.4, -0.2) is 48.0 Å². The Hall–Kier alpha value is -0.920. The van der Waals surface area contributed by atoms with Gasteiger partial charge in [0.05, 0.1) is 24.9 Å². The summed E-state index contributed by atoms with van der Waals surface area (Å²) < 4.78 is 32.6. The first-order valence-corrected chi connectivity index (χ1v) is 8.24. The second-order valence-electron chi connectivity index (χ2n) is 5.07. The number of rotatable bonds is 3. The van der Waals surface area contributed by atoms with Crippen molar-refractivity contribution in [3.8, 4) is 0 Å². The first kappa shape index (κ1) is 13.1. The molecule has 2 heterocycles. The lowest BCUT2D eigenvalue weighted by Crippen LogP contribution is -2.51. The molecule has 2 aliphatic rings. The molecule has 19 heavy (non-hydrogen) atoms. The molecule has 2 unspecified atom stereocenters. The van der Waals surface area contributed by atoms with Crippen molar-refractivity contribution in [3.05, 3.63) is 12.0 Å². The summed E-state index contributed by atoms with van der Waals surface area (Å²) in [5.41, 5.74) is 0. The van der Waals surface area contributed by atoms with Crippen LogP contribution in [0.3, 0.4) is 0 Å². The zero-order valence-corrected chi connectivity index (χ0v) is 11.8. The van der Waals surface area contributed by atoms with Crippen molar-refractivity contribution < 1.29 is 13.2 Å². The Kier molecular flexibility index (Phi) is 3.36. The second-order valence-corrected chi connectivity index (χ2v) is 6.93. The molecule has 1 aromatic rings. The quantitative estimate of drug-likeness (QED) is 0.896. The van der Waals surface area contributed by atoms with E-state index in [0.717, 1.165) is 19.3 Å². The van der Waals surface area contributed by atoms with Crippen molar-refractivity contribution in [1.29, 1.82) is 0 Å². The van der Waals surface area contributed by atoms with Gasteiger partial charge >= 0.3 is 0 Å². The average molecular weight is 285 g/mol. The van der Waals surface area contributed by atoms with Crippen LogP contribution in [0.5, 0.6) is 0 Å². The van der Waals surface area contributed by atoms with Crippen molar-refractivity contribution >= 4 is 10.0 Å². The fourth-order valence-electron chi connectivity index (χ4n) is 2.97. The molecule has 0 bridgehead atoms. The van der Waals surface area contributed by atoms with Gasteiger partial charge in [-0.2, -0.15) is 4.31 Å². The molecule has 1 aliphatic heterocycles. The third kappa shape index (κ3) is 2.19. The zero-order chi connectivity index (χ0) is 13.5. The van der Waals surface area contributed by atoms with E-state index in [1.165, 1.54) is 6.20 Å². The molecular weight excluding hydrogens is 266 g/mol. The SMILES string of the molecule is CCc1ncc(S(=O)(=O)N2CCOC3CCCC32)[nH]1. The third-order valence-electron chi connectivity index (χ3n) is 3.96. The number of nitrogens with zero attached hydrogens (tertiary/aromatic N) is 2. The summed E-state index contributed by atoms with van der Waals surface area (Å²) >= 11 is 0. The summed E-state index contributed by atoms with van der Waals surface area (Å²) in [7, 11) is -3.47. The number of aryl methyl sites for hydroxylation is 1. The highest BCUT2D eigenvalue weighted by atomic mass is 32.2. The van der Waals surface area contributed by atoms with Crippen LogP contribution in [0.4, 0.5) is 0 Å². The van der Waals surface area contributed by atoms with Gasteiger partial charge in [-0.1, -0.05) is 6.92 Å². The Bertz CT molecular complexity index is 554. The minimum atomic E-state index is -3.47. The molecule has 1 aromatic heterocycles. The maximum atomic E-state index is 12.7. The maximum Gasteiger partial charge on any atom is 0.260 e. The number of H-pyrrole nitrogens is 1. The normalized spacial score (nSPS) is 28.5. The molecule has 1 saturated heterocycles. The van der Waals surface area contributed by atoms with Gasteiger partial charge in [-0.15, -0.1) is 0 Å². The number of hydrogen-bond donors (Lipinski definition) is 1. The van der Waals surface area contributed by atoms with E-state index in [9.17, 15) is 8.42 Å². The predicted octanol–water partition coefficient (Wildman–Crippen LogP) is 0.914. The Labute approximate surface area is 113 Å². The van der Waals surface area contributed by atoms with Gasteiger partial charge in [0.2, 0.25) is 0 Å². The molecule has 0 amide bonds. The molecule has 2 atom stereocenters. The van der Waals surface area contributed by atoms with Crippen molar-refractivity contribution in [2.45, 2.75) is 49.8 Å². The van der Waals surface area contributed by atoms with Crippen LogP contribution in [-0.2, 0) is 21.2 Å². The molecule has 1 aliphatic carbocycles. The lowest BCUT2D eigenvalue weighted by atomic mass is 10.2. The molecule has 6 nitrogen and oxygen atoms in total. The van der Waals surface area contributed by atoms with Crippen molar-refractivity contribution in [1.82, 2.24) is 14.3 Å². The summed E-state index contributed by atoms with van der Waals surface area (Å²) in [5, 5.41) is 0.205. The van der Waals surface area contributed by atoms with Gasteiger partial charge < -0.3 is 9.72 Å². The summed E-state index contributed by atoms with van der Waals surface area (Å²) in [4.78, 5) is 6.99. The van der Waals surface area contributed by atoms with Crippen LogP contribution >= 0.6 is 0 Å². The number of morpholine rings is 1. The molecule has 0 aromatic carbocycles. The van der Waals surface area contributed by atoms with Crippen LogP contribution < -0.4 is 0 Å². The van der Waals surface area contributed by atoms with E-state index in [1.807, 2.05) is 6.92 Å².